The van der Waals surface area contributed by atoms with E-state index in [0.717, 1.165) is 80.3 Å². The van der Waals surface area contributed by atoms with Gasteiger partial charge in [0.1, 0.15) is 17.1 Å². The summed E-state index contributed by atoms with van der Waals surface area (Å²) in [4.78, 5) is 15.9. The molecule has 3 aromatic rings. The molecule has 34 heavy (non-hydrogen) atoms. The first-order valence-electron chi connectivity index (χ1n) is 11.8. The Hall–Kier alpha value is -3.33. The molecule has 1 N–H and O–H groups in total. The van der Waals surface area contributed by atoms with Crippen molar-refractivity contribution in [1.29, 1.82) is 0 Å². The SMILES string of the molecule is COc1ccc(NC2CCC(Oc3cc(N4CCOCC4)cc4nccnc34)CC2)nc1OC. The molecule has 5 rings (SSSR count). The number of hydrogen-bond donors (Lipinski definition) is 1. The Morgan fingerprint density at radius 2 is 1.74 bits per heavy atom. The van der Waals surface area contributed by atoms with Crippen molar-refractivity contribution in [3.05, 3.63) is 36.7 Å². The molecule has 0 radical (unpaired) electrons. The number of hydrogen-bond acceptors (Lipinski definition) is 9. The number of pyridine rings is 1. The van der Waals surface area contributed by atoms with Crippen molar-refractivity contribution in [1.82, 2.24) is 15.0 Å². The van der Waals surface area contributed by atoms with Crippen LogP contribution in [0.3, 0.4) is 0 Å². The molecular formula is C25H31N5O4. The quantitative estimate of drug-likeness (QED) is 0.561. The van der Waals surface area contributed by atoms with Crippen molar-refractivity contribution in [2.45, 2.75) is 37.8 Å². The molecule has 0 spiro atoms. The Morgan fingerprint density at radius 3 is 2.50 bits per heavy atom. The Balaban J connectivity index is 1.25. The molecule has 2 aromatic heterocycles. The molecule has 9 heteroatoms. The standard InChI is InChI=1S/C25H31N5O4/c1-31-21-7-8-23(29-25(21)32-2)28-17-3-5-19(6-4-17)34-22-16-18(30-11-13-33-14-12-30)15-20-24(22)27-10-9-26-20/h7-10,15-17,19H,3-6,11-14H2,1-2H3,(H,28,29). The zero-order valence-corrected chi connectivity index (χ0v) is 19.7. The van der Waals surface area contributed by atoms with Crippen LogP contribution in [0.15, 0.2) is 36.7 Å². The van der Waals surface area contributed by atoms with E-state index in [1.165, 1.54) is 0 Å². The highest BCUT2D eigenvalue weighted by molar-refractivity contribution is 5.85. The molecule has 9 nitrogen and oxygen atoms in total. The minimum atomic E-state index is 0.140. The number of aromatic nitrogens is 3. The van der Waals surface area contributed by atoms with Gasteiger partial charge < -0.3 is 29.2 Å². The van der Waals surface area contributed by atoms with Crippen molar-refractivity contribution in [2.75, 3.05) is 50.7 Å². The highest BCUT2D eigenvalue weighted by Crippen LogP contribution is 2.33. The third kappa shape index (κ3) is 4.94. The Labute approximate surface area is 199 Å². The van der Waals surface area contributed by atoms with Crippen LogP contribution in [0.25, 0.3) is 11.0 Å². The van der Waals surface area contributed by atoms with E-state index in [1.807, 2.05) is 12.1 Å². The van der Waals surface area contributed by atoms with Gasteiger partial charge in [-0.05, 0) is 43.9 Å². The number of ether oxygens (including phenoxy) is 4. The third-order valence-corrected chi connectivity index (χ3v) is 6.46. The van der Waals surface area contributed by atoms with Gasteiger partial charge in [-0.2, -0.15) is 4.98 Å². The predicted octanol–water partition coefficient (Wildman–Crippen LogP) is 3.68. The van der Waals surface area contributed by atoms with Crippen LogP contribution in [0, 0.1) is 0 Å². The molecule has 2 aliphatic rings. The van der Waals surface area contributed by atoms with Gasteiger partial charge in [-0.1, -0.05) is 0 Å². The average Bonchev–Trinajstić information content (AvgIpc) is 2.90. The summed E-state index contributed by atoms with van der Waals surface area (Å²) in [6.07, 6.45) is 7.49. The molecular weight excluding hydrogens is 434 g/mol. The lowest BCUT2D eigenvalue weighted by molar-refractivity contribution is 0.122. The first-order valence-corrected chi connectivity index (χ1v) is 11.8. The minimum Gasteiger partial charge on any atom is -0.491 e. The van der Waals surface area contributed by atoms with E-state index in [4.69, 9.17) is 18.9 Å². The molecule has 0 amide bonds. The summed E-state index contributed by atoms with van der Waals surface area (Å²) in [5.74, 6) is 2.71. The number of anilines is 2. The molecule has 1 saturated heterocycles. The minimum absolute atomic E-state index is 0.140. The highest BCUT2D eigenvalue weighted by atomic mass is 16.5. The van der Waals surface area contributed by atoms with Crippen LogP contribution in [-0.2, 0) is 4.74 Å². The number of nitrogens with one attached hydrogen (secondary N) is 1. The van der Waals surface area contributed by atoms with Crippen molar-refractivity contribution >= 4 is 22.5 Å². The molecule has 0 atom stereocenters. The highest BCUT2D eigenvalue weighted by Gasteiger charge is 2.24. The molecule has 3 heterocycles. The maximum Gasteiger partial charge on any atom is 0.258 e. The first kappa shape index (κ1) is 22.5. The zero-order valence-electron chi connectivity index (χ0n) is 19.7. The van der Waals surface area contributed by atoms with E-state index in [0.29, 0.717) is 17.7 Å². The summed E-state index contributed by atoms with van der Waals surface area (Å²) in [6, 6.07) is 8.33. The number of rotatable bonds is 7. The van der Waals surface area contributed by atoms with E-state index in [1.54, 1.807) is 26.6 Å². The Bertz CT molecular complexity index is 1110. The lowest BCUT2D eigenvalue weighted by Gasteiger charge is -2.31. The summed E-state index contributed by atoms with van der Waals surface area (Å²) < 4.78 is 22.6. The molecule has 1 aromatic carbocycles. The fourth-order valence-corrected chi connectivity index (χ4v) is 4.65. The molecule has 0 bridgehead atoms. The summed E-state index contributed by atoms with van der Waals surface area (Å²) in [6.45, 7) is 3.21. The predicted molar refractivity (Wildman–Crippen MR) is 130 cm³/mol. The number of morpholine rings is 1. The van der Waals surface area contributed by atoms with E-state index < -0.39 is 0 Å². The van der Waals surface area contributed by atoms with Gasteiger partial charge in [0, 0.05) is 43.3 Å². The molecule has 1 saturated carbocycles. The van der Waals surface area contributed by atoms with Crippen LogP contribution in [0.1, 0.15) is 25.7 Å². The molecule has 1 aliphatic carbocycles. The number of methoxy groups -OCH3 is 2. The van der Waals surface area contributed by atoms with Crippen LogP contribution in [0.5, 0.6) is 17.4 Å². The second-order valence-electron chi connectivity index (χ2n) is 8.61. The van der Waals surface area contributed by atoms with E-state index in [-0.39, 0.29) is 6.10 Å². The van der Waals surface area contributed by atoms with Crippen LogP contribution < -0.4 is 24.4 Å². The fourth-order valence-electron chi connectivity index (χ4n) is 4.65. The lowest BCUT2D eigenvalue weighted by atomic mass is 9.93. The summed E-state index contributed by atoms with van der Waals surface area (Å²) in [5.41, 5.74) is 2.78. The maximum absolute atomic E-state index is 6.53. The average molecular weight is 466 g/mol. The second-order valence-corrected chi connectivity index (χ2v) is 8.61. The summed E-state index contributed by atoms with van der Waals surface area (Å²) in [7, 11) is 3.21. The topological polar surface area (TPSA) is 90.9 Å². The molecule has 0 unspecified atom stereocenters. The van der Waals surface area contributed by atoms with Crippen molar-refractivity contribution in [3.8, 4) is 17.4 Å². The lowest BCUT2D eigenvalue weighted by Crippen LogP contribution is -2.36. The maximum atomic E-state index is 6.53. The van der Waals surface area contributed by atoms with E-state index in [9.17, 15) is 0 Å². The number of nitrogens with zero attached hydrogens (tertiary/aromatic N) is 4. The van der Waals surface area contributed by atoms with Gasteiger partial charge in [-0.3, -0.25) is 4.98 Å². The Kier molecular flexibility index (Phi) is 6.80. The second kappa shape index (κ2) is 10.3. The molecule has 180 valence electrons. The fraction of sp³-hybridized carbons (Fsp3) is 0.480. The number of fused-ring (bicyclic) bond motifs is 1. The normalized spacial score (nSPS) is 20.7. The van der Waals surface area contributed by atoms with Crippen molar-refractivity contribution in [2.24, 2.45) is 0 Å². The Morgan fingerprint density at radius 1 is 0.941 bits per heavy atom. The van der Waals surface area contributed by atoms with Crippen LogP contribution in [0.2, 0.25) is 0 Å². The van der Waals surface area contributed by atoms with Crippen LogP contribution in [-0.4, -0.2) is 67.6 Å². The summed E-state index contributed by atoms with van der Waals surface area (Å²) >= 11 is 0. The zero-order chi connectivity index (χ0) is 23.3. The van der Waals surface area contributed by atoms with Gasteiger partial charge in [0.15, 0.2) is 5.75 Å². The van der Waals surface area contributed by atoms with Gasteiger partial charge in [-0.25, -0.2) is 4.98 Å². The van der Waals surface area contributed by atoms with Gasteiger partial charge in [0.05, 0.1) is 39.1 Å². The monoisotopic (exact) mass is 465 g/mol. The van der Waals surface area contributed by atoms with Gasteiger partial charge >= 0.3 is 0 Å². The van der Waals surface area contributed by atoms with Gasteiger partial charge in [0.25, 0.3) is 5.88 Å². The molecule has 1 aliphatic heterocycles. The number of benzene rings is 1. The van der Waals surface area contributed by atoms with Gasteiger partial charge in [0.2, 0.25) is 0 Å². The van der Waals surface area contributed by atoms with E-state index in [2.05, 4.69) is 37.3 Å². The van der Waals surface area contributed by atoms with Gasteiger partial charge in [-0.15, -0.1) is 0 Å². The van der Waals surface area contributed by atoms with E-state index >= 15 is 0 Å². The van der Waals surface area contributed by atoms with Crippen molar-refractivity contribution < 1.29 is 18.9 Å². The van der Waals surface area contributed by atoms with Crippen molar-refractivity contribution in [3.63, 3.8) is 0 Å². The van der Waals surface area contributed by atoms with Crippen LogP contribution in [0.4, 0.5) is 11.5 Å². The van der Waals surface area contributed by atoms with Crippen LogP contribution >= 0.6 is 0 Å². The first-order chi connectivity index (χ1) is 16.7. The summed E-state index contributed by atoms with van der Waals surface area (Å²) in [5, 5.41) is 3.53. The molecule has 2 fully saturated rings. The smallest absolute Gasteiger partial charge is 0.258 e. The largest absolute Gasteiger partial charge is 0.491 e. The third-order valence-electron chi connectivity index (χ3n) is 6.46.